The highest BCUT2D eigenvalue weighted by molar-refractivity contribution is 6.32. The molecule has 0 spiro atoms. The van der Waals surface area contributed by atoms with Crippen LogP contribution >= 0.6 is 11.6 Å². The molecule has 1 N–H and O–H groups in total. The van der Waals surface area contributed by atoms with Crippen molar-refractivity contribution in [3.8, 4) is 5.75 Å². The van der Waals surface area contributed by atoms with Crippen molar-refractivity contribution in [2.45, 2.75) is 26.7 Å². The van der Waals surface area contributed by atoms with Gasteiger partial charge in [0.25, 0.3) is 0 Å². The maximum atomic E-state index is 9.42. The molecular weight excluding hydrogens is 224 g/mol. The molecule has 1 rings (SSSR count). The number of ether oxygens (including phenoxy) is 1. The van der Waals surface area contributed by atoms with Crippen LogP contribution in [0.4, 0.5) is 0 Å². The maximum Gasteiger partial charge on any atom is 0.137 e. The second kappa shape index (κ2) is 5.55. The van der Waals surface area contributed by atoms with E-state index in [2.05, 4.69) is 13.8 Å². The highest BCUT2D eigenvalue weighted by Gasteiger charge is 2.18. The van der Waals surface area contributed by atoms with Gasteiger partial charge in [-0.25, -0.2) is 0 Å². The standard InChI is InChI=1S/C13H19ClO2/c1-8(2)11(7-15)10-6-12(14)13(16-4)5-9(10)3/h5-6,8,11,15H,7H2,1-4H3. The number of aliphatic hydroxyl groups is 1. The number of aliphatic hydroxyl groups excluding tert-OH is 1. The molecule has 0 aliphatic heterocycles. The third-order valence-corrected chi connectivity index (χ3v) is 3.24. The molecule has 0 fully saturated rings. The Labute approximate surface area is 102 Å². The van der Waals surface area contributed by atoms with Crippen molar-refractivity contribution in [3.63, 3.8) is 0 Å². The van der Waals surface area contributed by atoms with Gasteiger partial charge in [0.2, 0.25) is 0 Å². The van der Waals surface area contributed by atoms with Crippen LogP contribution in [0.15, 0.2) is 12.1 Å². The first-order valence-electron chi connectivity index (χ1n) is 5.46. The number of hydrogen-bond acceptors (Lipinski definition) is 2. The Morgan fingerprint density at radius 1 is 1.38 bits per heavy atom. The molecule has 3 heteroatoms. The van der Waals surface area contributed by atoms with E-state index in [0.717, 1.165) is 11.1 Å². The van der Waals surface area contributed by atoms with Gasteiger partial charge in [0, 0.05) is 5.92 Å². The summed E-state index contributed by atoms with van der Waals surface area (Å²) >= 11 is 6.10. The van der Waals surface area contributed by atoms with E-state index in [9.17, 15) is 5.11 Å². The topological polar surface area (TPSA) is 29.5 Å². The first-order valence-corrected chi connectivity index (χ1v) is 5.84. The van der Waals surface area contributed by atoms with E-state index in [4.69, 9.17) is 16.3 Å². The number of methoxy groups -OCH3 is 1. The van der Waals surface area contributed by atoms with Crippen molar-refractivity contribution in [1.82, 2.24) is 0 Å². The molecule has 1 aromatic carbocycles. The van der Waals surface area contributed by atoms with Gasteiger partial charge in [-0.3, -0.25) is 0 Å². The van der Waals surface area contributed by atoms with Crippen molar-refractivity contribution in [1.29, 1.82) is 0 Å². The summed E-state index contributed by atoms with van der Waals surface area (Å²) in [5.74, 6) is 1.19. The lowest BCUT2D eigenvalue weighted by molar-refractivity contribution is 0.237. The normalized spacial score (nSPS) is 12.9. The fourth-order valence-electron chi connectivity index (χ4n) is 1.89. The Kier molecular flexibility index (Phi) is 4.63. The summed E-state index contributed by atoms with van der Waals surface area (Å²) in [7, 11) is 1.60. The van der Waals surface area contributed by atoms with E-state index in [-0.39, 0.29) is 12.5 Å². The Morgan fingerprint density at radius 2 is 2.00 bits per heavy atom. The maximum absolute atomic E-state index is 9.42. The highest BCUT2D eigenvalue weighted by atomic mass is 35.5. The lowest BCUT2D eigenvalue weighted by Gasteiger charge is -2.21. The zero-order valence-corrected chi connectivity index (χ0v) is 11.0. The molecule has 0 heterocycles. The summed E-state index contributed by atoms with van der Waals surface area (Å²) in [6.07, 6.45) is 0. The Balaban J connectivity index is 3.18. The monoisotopic (exact) mass is 242 g/mol. The fraction of sp³-hybridized carbons (Fsp3) is 0.538. The van der Waals surface area contributed by atoms with Gasteiger partial charge >= 0.3 is 0 Å². The molecule has 0 bridgehead atoms. The smallest absolute Gasteiger partial charge is 0.137 e. The predicted octanol–water partition coefficient (Wildman–Crippen LogP) is 3.39. The number of rotatable bonds is 4. The van der Waals surface area contributed by atoms with Crippen LogP contribution in [0.2, 0.25) is 5.02 Å². The van der Waals surface area contributed by atoms with Gasteiger partial charge in [0.1, 0.15) is 5.75 Å². The van der Waals surface area contributed by atoms with E-state index >= 15 is 0 Å². The molecule has 0 aliphatic carbocycles. The Bertz CT molecular complexity index is 361. The van der Waals surface area contributed by atoms with Crippen molar-refractivity contribution in [3.05, 3.63) is 28.3 Å². The minimum atomic E-state index is 0.128. The van der Waals surface area contributed by atoms with Gasteiger partial charge in [-0.2, -0.15) is 0 Å². The van der Waals surface area contributed by atoms with Crippen molar-refractivity contribution < 1.29 is 9.84 Å². The first kappa shape index (κ1) is 13.3. The number of hydrogen-bond donors (Lipinski definition) is 1. The van der Waals surface area contributed by atoms with Crippen LogP contribution in [0, 0.1) is 12.8 Å². The van der Waals surface area contributed by atoms with Gasteiger partial charge < -0.3 is 9.84 Å². The number of benzene rings is 1. The number of aryl methyl sites for hydroxylation is 1. The van der Waals surface area contributed by atoms with Gasteiger partial charge in [0.15, 0.2) is 0 Å². The van der Waals surface area contributed by atoms with Crippen LogP contribution in [-0.4, -0.2) is 18.8 Å². The minimum absolute atomic E-state index is 0.128. The Hall–Kier alpha value is -0.730. The van der Waals surface area contributed by atoms with Crippen LogP contribution in [0.25, 0.3) is 0 Å². The average Bonchev–Trinajstić information content (AvgIpc) is 2.23. The second-order valence-corrected chi connectivity index (χ2v) is 4.78. The molecule has 0 aliphatic rings. The lowest BCUT2D eigenvalue weighted by Crippen LogP contribution is -2.12. The quantitative estimate of drug-likeness (QED) is 0.877. The molecule has 0 saturated carbocycles. The molecule has 16 heavy (non-hydrogen) atoms. The number of halogens is 1. The van der Waals surface area contributed by atoms with Gasteiger partial charge in [-0.05, 0) is 36.1 Å². The molecule has 2 nitrogen and oxygen atoms in total. The highest BCUT2D eigenvalue weighted by Crippen LogP contribution is 2.34. The van der Waals surface area contributed by atoms with E-state index in [1.54, 1.807) is 7.11 Å². The fourth-order valence-corrected chi connectivity index (χ4v) is 2.14. The zero-order valence-electron chi connectivity index (χ0n) is 10.2. The minimum Gasteiger partial charge on any atom is -0.495 e. The third-order valence-electron chi connectivity index (χ3n) is 2.94. The summed E-state index contributed by atoms with van der Waals surface area (Å²) in [6.45, 7) is 6.34. The van der Waals surface area contributed by atoms with Crippen molar-refractivity contribution >= 4 is 11.6 Å². The molecule has 0 aromatic heterocycles. The van der Waals surface area contributed by atoms with E-state index < -0.39 is 0 Å². The van der Waals surface area contributed by atoms with Gasteiger partial charge in [-0.15, -0.1) is 0 Å². The summed E-state index contributed by atoms with van der Waals surface area (Å²) in [5.41, 5.74) is 2.21. The van der Waals surface area contributed by atoms with Crippen LogP contribution < -0.4 is 4.74 Å². The van der Waals surface area contributed by atoms with Gasteiger partial charge in [-0.1, -0.05) is 25.4 Å². The van der Waals surface area contributed by atoms with Crippen LogP contribution in [-0.2, 0) is 0 Å². The van der Waals surface area contributed by atoms with Gasteiger partial charge in [0.05, 0.1) is 18.7 Å². The summed E-state index contributed by atoms with van der Waals surface area (Å²) < 4.78 is 5.16. The van der Waals surface area contributed by atoms with Crippen molar-refractivity contribution in [2.24, 2.45) is 5.92 Å². The SMILES string of the molecule is COc1cc(C)c(C(CO)C(C)C)cc1Cl. The summed E-state index contributed by atoms with van der Waals surface area (Å²) in [5, 5.41) is 10.0. The molecule has 1 aromatic rings. The predicted molar refractivity (Wildman–Crippen MR) is 67.4 cm³/mol. The Morgan fingerprint density at radius 3 is 2.44 bits per heavy atom. The van der Waals surface area contributed by atoms with Crippen molar-refractivity contribution in [2.75, 3.05) is 13.7 Å². The first-order chi connectivity index (χ1) is 7.51. The third kappa shape index (κ3) is 2.69. The van der Waals surface area contributed by atoms with E-state index in [1.807, 2.05) is 19.1 Å². The second-order valence-electron chi connectivity index (χ2n) is 4.38. The summed E-state index contributed by atoms with van der Waals surface area (Å²) in [6, 6.07) is 3.82. The molecule has 1 atom stereocenters. The van der Waals surface area contributed by atoms with E-state index in [0.29, 0.717) is 16.7 Å². The largest absolute Gasteiger partial charge is 0.495 e. The molecule has 0 radical (unpaired) electrons. The van der Waals surface area contributed by atoms with Crippen LogP contribution in [0.5, 0.6) is 5.75 Å². The van der Waals surface area contributed by atoms with Crippen LogP contribution in [0.3, 0.4) is 0 Å². The molecular formula is C13H19ClO2. The lowest BCUT2D eigenvalue weighted by atomic mass is 9.86. The molecule has 90 valence electrons. The summed E-state index contributed by atoms with van der Waals surface area (Å²) in [4.78, 5) is 0. The zero-order chi connectivity index (χ0) is 12.3. The average molecular weight is 243 g/mol. The molecule has 0 amide bonds. The van der Waals surface area contributed by atoms with E-state index in [1.165, 1.54) is 0 Å². The molecule has 1 unspecified atom stereocenters. The van der Waals surface area contributed by atoms with Crippen LogP contribution in [0.1, 0.15) is 30.9 Å². The molecule has 0 saturated heterocycles.